The molecule has 1 saturated heterocycles. The number of carboxylic acids is 1. The van der Waals surface area contributed by atoms with Crippen molar-refractivity contribution in [3.05, 3.63) is 71.8 Å². The van der Waals surface area contributed by atoms with Crippen molar-refractivity contribution in [3.63, 3.8) is 0 Å². The van der Waals surface area contributed by atoms with Crippen molar-refractivity contribution in [1.82, 2.24) is 9.99 Å². The average Bonchev–Trinajstić information content (AvgIpc) is 2.89. The number of hydrogen-bond donors (Lipinski definition) is 2. The molecule has 0 aliphatic carbocycles. The van der Waals surface area contributed by atoms with E-state index < -0.39 is 55.5 Å². The molecule has 2 N–H and O–H groups in total. The van der Waals surface area contributed by atoms with Crippen LogP contribution in [-0.2, 0) is 34.6 Å². The molecule has 1 fully saturated rings. The molecule has 0 bridgehead atoms. The van der Waals surface area contributed by atoms with Crippen molar-refractivity contribution in [1.29, 1.82) is 0 Å². The van der Waals surface area contributed by atoms with E-state index in [9.17, 15) is 24.1 Å². The number of carbonyl (C=O) groups excluding carboxylic acids is 2. The predicted molar refractivity (Wildman–Crippen MR) is 151 cm³/mol. The molecule has 2 aromatic carbocycles. The number of aliphatic carboxylic acids is 1. The predicted octanol–water partition coefficient (Wildman–Crippen LogP) is 5.08. The number of thioether (sulfide) groups is 1. The Kier molecular flexibility index (Phi) is 11.2. The highest BCUT2D eigenvalue weighted by atomic mass is 32.2. The number of carboxylic acid groups (broad SMARTS) is 1. The number of unbranched alkanes of at least 4 members (excludes halogenated alkanes) is 1. The minimum Gasteiger partial charge on any atom is -0.480 e. The maximum atomic E-state index is 13.9. The monoisotopic (exact) mass is 576 g/mol. The zero-order valence-electron chi connectivity index (χ0n) is 22.6. The highest BCUT2D eigenvalue weighted by molar-refractivity contribution is 7.99. The van der Waals surface area contributed by atoms with Gasteiger partial charge in [0, 0.05) is 11.9 Å². The smallest absolute Gasteiger partial charge is 0.323 e. The van der Waals surface area contributed by atoms with Gasteiger partial charge < -0.3 is 14.7 Å². The molecule has 0 spiro atoms. The summed E-state index contributed by atoms with van der Waals surface area (Å²) in [6.07, 6.45) is 2.22. The first kappa shape index (κ1) is 30.9. The van der Waals surface area contributed by atoms with Gasteiger partial charge in [-0.05, 0) is 51.2 Å². The molecular weight excluding hydrogens is 539 g/mol. The number of nitrogens with zero attached hydrogens (tertiary/aromatic N) is 1. The summed E-state index contributed by atoms with van der Waals surface area (Å²) in [6.45, 7) is 4.10. The van der Waals surface area contributed by atoms with Crippen molar-refractivity contribution >= 4 is 37.1 Å². The summed E-state index contributed by atoms with van der Waals surface area (Å²) < 4.78 is 24.8. The van der Waals surface area contributed by atoms with Crippen LogP contribution in [-0.4, -0.2) is 59.1 Å². The Morgan fingerprint density at radius 3 is 2.33 bits per heavy atom. The van der Waals surface area contributed by atoms with Crippen LogP contribution in [0.15, 0.2) is 60.7 Å². The molecule has 1 heterocycles. The Labute approximate surface area is 234 Å². The SMILES string of the molecule is CC(C)(C)C(=O)OCOP(=O)(CCCCc1ccccc1)NC1CS[C@H](c2ccccc2)N(CC(=O)O)C1=O. The molecular formula is C28H37N2O7PS. The minimum absolute atomic E-state index is 0.127. The Hall–Kier alpha value is -2.65. The maximum Gasteiger partial charge on any atom is 0.323 e. The summed E-state index contributed by atoms with van der Waals surface area (Å²) in [5, 5.41) is 11.9. The van der Waals surface area contributed by atoms with E-state index in [2.05, 4.69) is 5.09 Å². The number of hydrogen-bond acceptors (Lipinski definition) is 7. The molecule has 1 amide bonds. The minimum atomic E-state index is -3.64. The quantitative estimate of drug-likeness (QED) is 0.145. The van der Waals surface area contributed by atoms with Gasteiger partial charge in [-0.1, -0.05) is 60.7 Å². The van der Waals surface area contributed by atoms with Gasteiger partial charge >= 0.3 is 11.9 Å². The van der Waals surface area contributed by atoms with Crippen LogP contribution in [0.4, 0.5) is 0 Å². The summed E-state index contributed by atoms with van der Waals surface area (Å²) in [4.78, 5) is 38.6. The Morgan fingerprint density at radius 1 is 1.08 bits per heavy atom. The van der Waals surface area contributed by atoms with Crippen LogP contribution >= 0.6 is 19.3 Å². The van der Waals surface area contributed by atoms with Gasteiger partial charge in [-0.2, -0.15) is 0 Å². The highest BCUT2D eigenvalue weighted by Gasteiger charge is 2.41. The number of aryl methyl sites for hydroxylation is 1. The Morgan fingerprint density at radius 2 is 1.72 bits per heavy atom. The summed E-state index contributed by atoms with van der Waals surface area (Å²) in [6, 6.07) is 18.2. The number of carbonyl (C=O) groups is 3. The van der Waals surface area contributed by atoms with Crippen molar-refractivity contribution in [2.24, 2.45) is 5.41 Å². The van der Waals surface area contributed by atoms with Crippen molar-refractivity contribution in [3.8, 4) is 0 Å². The third-order valence-electron chi connectivity index (χ3n) is 6.10. The van der Waals surface area contributed by atoms with Crippen LogP contribution in [0.5, 0.6) is 0 Å². The van der Waals surface area contributed by atoms with Crippen LogP contribution in [0.25, 0.3) is 0 Å². The van der Waals surface area contributed by atoms with E-state index in [1.807, 2.05) is 60.7 Å². The van der Waals surface area contributed by atoms with Gasteiger partial charge in [-0.15, -0.1) is 11.8 Å². The van der Waals surface area contributed by atoms with Crippen LogP contribution in [0.3, 0.4) is 0 Å². The van der Waals surface area contributed by atoms with Crippen molar-refractivity contribution in [2.45, 2.75) is 51.4 Å². The van der Waals surface area contributed by atoms with E-state index in [1.54, 1.807) is 20.8 Å². The lowest BCUT2D eigenvalue weighted by atomic mass is 9.98. The van der Waals surface area contributed by atoms with E-state index in [0.717, 1.165) is 24.0 Å². The number of rotatable bonds is 13. The second-order valence-electron chi connectivity index (χ2n) is 10.4. The zero-order chi connectivity index (χ0) is 28.5. The lowest BCUT2D eigenvalue weighted by Gasteiger charge is -2.39. The van der Waals surface area contributed by atoms with E-state index in [-0.39, 0.29) is 11.9 Å². The number of benzene rings is 2. The molecule has 11 heteroatoms. The molecule has 2 unspecified atom stereocenters. The Bertz CT molecular complexity index is 1160. The summed E-state index contributed by atoms with van der Waals surface area (Å²) >= 11 is 1.39. The van der Waals surface area contributed by atoms with Crippen LogP contribution in [0, 0.1) is 5.41 Å². The van der Waals surface area contributed by atoms with Gasteiger partial charge in [0.15, 0.2) is 6.79 Å². The molecule has 1 aliphatic heterocycles. The van der Waals surface area contributed by atoms with Gasteiger partial charge in [0.2, 0.25) is 5.91 Å². The van der Waals surface area contributed by atoms with E-state index in [0.29, 0.717) is 6.42 Å². The van der Waals surface area contributed by atoms with Gasteiger partial charge in [0.05, 0.1) is 5.41 Å². The molecule has 0 radical (unpaired) electrons. The fourth-order valence-electron chi connectivity index (χ4n) is 4.04. The molecule has 2 aromatic rings. The molecule has 212 valence electrons. The first-order valence-electron chi connectivity index (χ1n) is 12.9. The van der Waals surface area contributed by atoms with Gasteiger partial charge in [0.1, 0.15) is 18.0 Å². The number of amides is 1. The number of nitrogens with one attached hydrogen (secondary N) is 1. The van der Waals surface area contributed by atoms with Gasteiger partial charge in [0.25, 0.3) is 7.52 Å². The zero-order valence-corrected chi connectivity index (χ0v) is 24.3. The molecule has 3 rings (SSSR count). The van der Waals surface area contributed by atoms with Crippen molar-refractivity contribution in [2.75, 3.05) is 25.3 Å². The molecule has 9 nitrogen and oxygen atoms in total. The van der Waals surface area contributed by atoms with E-state index >= 15 is 0 Å². The molecule has 0 saturated carbocycles. The normalized spacial score (nSPS) is 19.4. The van der Waals surface area contributed by atoms with Crippen molar-refractivity contribution < 1.29 is 33.3 Å². The lowest BCUT2D eigenvalue weighted by Crippen LogP contribution is -2.53. The summed E-state index contributed by atoms with van der Waals surface area (Å²) in [5.74, 6) is -1.83. The van der Waals surface area contributed by atoms with Gasteiger partial charge in [-0.25, -0.2) is 5.09 Å². The highest BCUT2D eigenvalue weighted by Crippen LogP contribution is 2.46. The fraction of sp³-hybridized carbons (Fsp3) is 0.464. The molecule has 39 heavy (non-hydrogen) atoms. The van der Waals surface area contributed by atoms with Crippen LogP contribution in [0.2, 0.25) is 0 Å². The first-order valence-corrected chi connectivity index (χ1v) is 15.8. The van der Waals surface area contributed by atoms with Crippen LogP contribution < -0.4 is 5.09 Å². The number of ether oxygens (including phenoxy) is 1. The maximum absolute atomic E-state index is 13.9. The standard InChI is InChI=1S/C28H37N2O7PS/c1-28(2,3)27(34)36-20-37-38(35,17-11-10-14-21-12-6-4-7-13-21)29-23-19-39-26(22-15-8-5-9-16-22)30(25(23)33)18-24(31)32/h4-9,12-13,15-16,23,26H,10-11,14,17-20H2,1-3H3,(H,29,35)(H,31,32)/t23?,26-,38?/m1/s1. The van der Waals surface area contributed by atoms with Crippen LogP contribution in [0.1, 0.15) is 50.1 Å². The number of esters is 1. The first-order chi connectivity index (χ1) is 18.5. The second kappa shape index (κ2) is 14.1. The lowest BCUT2D eigenvalue weighted by molar-refractivity contribution is -0.159. The summed E-state index contributed by atoms with van der Waals surface area (Å²) in [7, 11) is -3.64. The third kappa shape index (κ3) is 9.49. The molecule has 3 atom stereocenters. The van der Waals surface area contributed by atoms with E-state index in [1.165, 1.54) is 16.7 Å². The summed E-state index contributed by atoms with van der Waals surface area (Å²) in [5.41, 5.74) is 1.22. The average molecular weight is 577 g/mol. The Balaban J connectivity index is 1.71. The fourth-order valence-corrected chi connectivity index (χ4v) is 7.34. The topological polar surface area (TPSA) is 122 Å². The van der Waals surface area contributed by atoms with E-state index in [4.69, 9.17) is 9.26 Å². The van der Waals surface area contributed by atoms with Gasteiger partial charge in [-0.3, -0.25) is 23.5 Å². The molecule has 1 aliphatic rings. The third-order valence-corrected chi connectivity index (χ3v) is 9.60. The molecule has 0 aromatic heterocycles. The largest absolute Gasteiger partial charge is 0.480 e. The second-order valence-corrected chi connectivity index (χ2v) is 13.8.